The van der Waals surface area contributed by atoms with Crippen molar-refractivity contribution in [1.29, 1.82) is 0 Å². The zero-order valence-electron chi connectivity index (χ0n) is 29.7. The minimum atomic E-state index is -6.59. The molecule has 5 unspecified atom stereocenters. The zero-order chi connectivity index (χ0) is 42.3. The van der Waals surface area contributed by atoms with E-state index in [1.807, 2.05) is 6.26 Å². The molecule has 5 rings (SSSR count). The first-order chi connectivity index (χ1) is 27.3. The molecule has 0 aliphatic carbocycles. The smallest absolute Gasteiger partial charge is 0.439 e. The molecular formula is C31H34F5N7O11P2S2. The number of halogens is 5. The molecular weight excluding hydrogens is 867 g/mol. The second-order valence-corrected chi connectivity index (χ2v) is 17.9. The Labute approximate surface area is 333 Å². The number of hydrogen-bond acceptors (Lipinski definition) is 14. The van der Waals surface area contributed by atoms with Gasteiger partial charge in [0.1, 0.15) is 6.10 Å². The number of carbonyl (C=O) groups excluding carboxylic acids is 2. The highest BCUT2D eigenvalue weighted by atomic mass is 32.2. The van der Waals surface area contributed by atoms with Gasteiger partial charge in [-0.05, 0) is 30.5 Å². The number of nitrogens with zero attached hydrogens (tertiary/aromatic N) is 4. The Hall–Kier alpha value is -4.06. The molecule has 0 spiro atoms. The van der Waals surface area contributed by atoms with E-state index in [1.54, 1.807) is 36.4 Å². The highest BCUT2D eigenvalue weighted by molar-refractivity contribution is 7.99. The third kappa shape index (κ3) is 11.4. The maximum atomic E-state index is 14.5. The summed E-state index contributed by atoms with van der Waals surface area (Å²) in [6.07, 6.45) is -12.6. The number of benzene rings is 2. The van der Waals surface area contributed by atoms with Crippen molar-refractivity contribution in [2.75, 3.05) is 46.9 Å². The van der Waals surface area contributed by atoms with Crippen LogP contribution < -0.4 is 16.0 Å². The molecule has 2 aromatic heterocycles. The summed E-state index contributed by atoms with van der Waals surface area (Å²) in [5.74, 6) is 0.174. The second kappa shape index (κ2) is 18.9. The van der Waals surface area contributed by atoms with Gasteiger partial charge in [0, 0.05) is 29.4 Å². The number of rotatable bonds is 17. The number of amides is 2. The van der Waals surface area contributed by atoms with Gasteiger partial charge in [-0.2, -0.15) is 33.7 Å². The van der Waals surface area contributed by atoms with E-state index in [1.165, 1.54) is 36.0 Å². The quantitative estimate of drug-likeness (QED) is 0.0212. The Bertz CT molecular complexity index is 2140. The average Bonchev–Trinajstić information content (AvgIpc) is 3.71. The van der Waals surface area contributed by atoms with Gasteiger partial charge in [-0.25, -0.2) is 24.5 Å². The molecule has 2 aromatic carbocycles. The van der Waals surface area contributed by atoms with Gasteiger partial charge in [0.25, 0.3) is 0 Å². The molecule has 0 saturated carbocycles. The lowest BCUT2D eigenvalue weighted by molar-refractivity contribution is -0.129. The summed E-state index contributed by atoms with van der Waals surface area (Å²) >= 11 is 2.12. The van der Waals surface area contributed by atoms with E-state index in [0.29, 0.717) is 24.1 Å². The molecule has 2 amide bonds. The number of alkyl halides is 5. The van der Waals surface area contributed by atoms with Crippen molar-refractivity contribution in [2.45, 2.75) is 47.7 Å². The largest absolute Gasteiger partial charge is 0.443 e. The number of nitrogens with one attached hydrogen (secondary N) is 3. The number of imidazole rings is 1. The second-order valence-electron chi connectivity index (χ2n) is 12.0. The van der Waals surface area contributed by atoms with Crippen LogP contribution in [0.2, 0.25) is 0 Å². The van der Waals surface area contributed by atoms with Gasteiger partial charge in [-0.3, -0.25) is 24.3 Å². The van der Waals surface area contributed by atoms with Crippen LogP contribution in [0, 0.1) is 0 Å². The van der Waals surface area contributed by atoms with E-state index >= 15 is 0 Å². The first-order valence-electron chi connectivity index (χ1n) is 16.6. The van der Waals surface area contributed by atoms with Gasteiger partial charge >= 0.3 is 39.0 Å². The maximum absolute atomic E-state index is 14.5. The fourth-order valence-electron chi connectivity index (χ4n) is 5.14. The monoisotopic (exact) mass is 901 g/mol. The topological polar surface area (TPSA) is 246 Å². The standard InChI is InChI=1S/C31H34F5N7O11P2S2/c1-57-15-13-37-24-21-25(42-27(41-24)58-14-12-30(32,33)34)43(17-38-21)26-23(54-29(45)40-19-10-6-3-7-11-19)22(53-28(44)39-18-8-4-2-5-9-18)20(52-26)16-51-56(49,50)31(35,36)55(46,47)48/h2-11,17,20,22-23,26H,12-16H2,1H3,(H,39,44)(H,40,45)(H,49,50)(H,37,41,42)(H2,46,47,48). The first kappa shape index (κ1) is 45.0. The lowest BCUT2D eigenvalue weighted by Gasteiger charge is -2.26. The molecule has 6 N–H and O–H groups in total. The molecule has 18 nitrogen and oxygen atoms in total. The third-order valence-corrected chi connectivity index (χ3v) is 12.7. The molecule has 316 valence electrons. The third-order valence-electron chi connectivity index (χ3n) is 7.81. The number of aromatic nitrogens is 4. The summed E-state index contributed by atoms with van der Waals surface area (Å²) in [6.45, 7) is -1.10. The number of anilines is 3. The van der Waals surface area contributed by atoms with E-state index in [2.05, 4.69) is 35.4 Å². The highest BCUT2D eigenvalue weighted by Crippen LogP contribution is 2.73. The van der Waals surface area contributed by atoms with Crippen LogP contribution in [0.4, 0.5) is 48.7 Å². The summed E-state index contributed by atoms with van der Waals surface area (Å²) in [7, 11) is -13.1. The zero-order valence-corrected chi connectivity index (χ0v) is 33.1. The van der Waals surface area contributed by atoms with Crippen molar-refractivity contribution in [3.63, 3.8) is 0 Å². The average molecular weight is 902 g/mol. The summed E-state index contributed by atoms with van der Waals surface area (Å²) < 4.78 is 115. The fourth-order valence-corrected chi connectivity index (χ4v) is 8.26. The van der Waals surface area contributed by atoms with Gasteiger partial charge in [0.2, 0.25) is 0 Å². The van der Waals surface area contributed by atoms with Crippen molar-refractivity contribution in [3.8, 4) is 0 Å². The summed E-state index contributed by atoms with van der Waals surface area (Å²) in [6, 6.07) is 15.5. The van der Waals surface area contributed by atoms with E-state index in [-0.39, 0.29) is 33.5 Å². The number of fused-ring (bicyclic) bond motifs is 1. The van der Waals surface area contributed by atoms with Crippen molar-refractivity contribution >= 4 is 79.3 Å². The number of ether oxygens (including phenoxy) is 3. The van der Waals surface area contributed by atoms with Gasteiger partial charge in [0.15, 0.2) is 40.6 Å². The Morgan fingerprint density at radius 3 is 2.03 bits per heavy atom. The van der Waals surface area contributed by atoms with Crippen LogP contribution in [-0.4, -0.2) is 107 Å². The van der Waals surface area contributed by atoms with E-state index in [9.17, 15) is 45.6 Å². The van der Waals surface area contributed by atoms with Crippen LogP contribution in [0.15, 0.2) is 72.1 Å². The Kier molecular flexibility index (Phi) is 14.7. The predicted octanol–water partition coefficient (Wildman–Crippen LogP) is 6.71. The summed E-state index contributed by atoms with van der Waals surface area (Å²) in [5, 5.41) is 2.12. The van der Waals surface area contributed by atoms with Crippen molar-refractivity contribution < 1.29 is 74.1 Å². The van der Waals surface area contributed by atoms with Crippen LogP contribution in [0.1, 0.15) is 12.6 Å². The number of thioether (sulfide) groups is 2. The van der Waals surface area contributed by atoms with Gasteiger partial charge < -0.3 is 38.7 Å². The van der Waals surface area contributed by atoms with Gasteiger partial charge in [-0.15, -0.1) is 0 Å². The molecule has 0 radical (unpaired) electrons. The Balaban J connectivity index is 1.58. The number of hydrogen-bond donors (Lipinski definition) is 6. The molecule has 5 atom stereocenters. The minimum absolute atomic E-state index is 0.0393. The molecule has 58 heavy (non-hydrogen) atoms. The summed E-state index contributed by atoms with van der Waals surface area (Å²) in [4.78, 5) is 67.9. The van der Waals surface area contributed by atoms with Crippen LogP contribution >= 0.6 is 38.7 Å². The molecule has 1 fully saturated rings. The summed E-state index contributed by atoms with van der Waals surface area (Å²) in [5.41, 5.74) is 0.335. The van der Waals surface area contributed by atoms with Gasteiger partial charge in [-0.1, -0.05) is 48.2 Å². The molecule has 27 heteroatoms. The highest BCUT2D eigenvalue weighted by Gasteiger charge is 2.65. The van der Waals surface area contributed by atoms with Crippen LogP contribution in [-0.2, 0) is 27.9 Å². The van der Waals surface area contributed by atoms with Crippen LogP contribution in [0.3, 0.4) is 0 Å². The fraction of sp³-hybridized carbons (Fsp3) is 0.387. The molecule has 1 aliphatic heterocycles. The predicted molar refractivity (Wildman–Crippen MR) is 201 cm³/mol. The van der Waals surface area contributed by atoms with E-state index in [4.69, 9.17) is 24.0 Å². The van der Waals surface area contributed by atoms with Crippen LogP contribution in [0.5, 0.6) is 0 Å². The van der Waals surface area contributed by atoms with Crippen molar-refractivity contribution in [1.82, 2.24) is 19.5 Å². The van der Waals surface area contributed by atoms with Gasteiger partial charge in [0.05, 0.1) is 19.4 Å². The van der Waals surface area contributed by atoms with E-state index in [0.717, 1.165) is 10.9 Å². The lowest BCUT2D eigenvalue weighted by Crippen LogP contribution is -2.42. The molecule has 3 heterocycles. The van der Waals surface area contributed by atoms with Crippen LogP contribution in [0.25, 0.3) is 11.2 Å². The SMILES string of the molecule is CSCCNc1nc(SCCC(F)(F)F)nc2c1ncn2C1OC(COP(=O)(O)C(F)(F)P(=O)(O)O)C(OC(=O)Nc2ccccc2)C1OC(=O)Nc1ccccc1. The van der Waals surface area contributed by atoms with Crippen molar-refractivity contribution in [2.24, 2.45) is 0 Å². The Morgan fingerprint density at radius 1 is 0.897 bits per heavy atom. The maximum Gasteiger partial charge on any atom is 0.443 e. The minimum Gasteiger partial charge on any atom is -0.439 e. The lowest BCUT2D eigenvalue weighted by atomic mass is 10.1. The van der Waals surface area contributed by atoms with Crippen molar-refractivity contribution in [3.05, 3.63) is 67.0 Å². The molecule has 0 bridgehead atoms. The molecule has 1 aliphatic rings. The Morgan fingerprint density at radius 2 is 1.48 bits per heavy atom. The number of para-hydroxylation sites is 2. The number of carbonyl (C=O) groups is 2. The first-order valence-corrected chi connectivity index (χ1v) is 22.1. The van der Waals surface area contributed by atoms with E-state index < -0.39 is 82.3 Å². The molecule has 1 saturated heterocycles. The molecule has 4 aromatic rings. The normalized spacial score (nSPS) is 19.7.